The average Bonchev–Trinajstić information content (AvgIpc) is 2.36. The summed E-state index contributed by atoms with van der Waals surface area (Å²) in [6.07, 6.45) is 7.78. The number of ketones is 1. The molecule has 4 saturated carbocycles. The van der Waals surface area contributed by atoms with Gasteiger partial charge in [0.05, 0.1) is 5.75 Å². The number of carbonyl (C=O) groups is 1. The van der Waals surface area contributed by atoms with Crippen molar-refractivity contribution in [2.45, 2.75) is 45.4 Å². The number of hydrogen-bond donors (Lipinski definition) is 1. The highest BCUT2D eigenvalue weighted by Crippen LogP contribution is 2.60. The monoisotopic (exact) mass is 282 g/mol. The lowest BCUT2D eigenvalue weighted by Gasteiger charge is -2.56. The predicted molar refractivity (Wildman–Crippen MR) is 79.2 cm³/mol. The second-order valence-corrected chi connectivity index (χ2v) is 8.45. The Hall–Kier alpha value is -0.0200. The zero-order chi connectivity index (χ0) is 13.5. The highest BCUT2D eigenvalue weighted by Gasteiger charge is 2.53. The maximum atomic E-state index is 12.7. The number of Topliss-reactive ketones (excluding diaryl/α,β-unsaturated/α-hetero) is 1. The van der Waals surface area contributed by atoms with E-state index in [4.69, 9.17) is 5.11 Å². The minimum absolute atomic E-state index is 0.0736. The Kier molecular flexibility index (Phi) is 3.96. The highest BCUT2D eigenvalue weighted by molar-refractivity contribution is 7.99. The molecule has 0 spiro atoms. The molecule has 108 valence electrons. The van der Waals surface area contributed by atoms with Crippen LogP contribution in [0.2, 0.25) is 0 Å². The smallest absolute Gasteiger partial charge is 0.148 e. The molecule has 0 heterocycles. The molecule has 1 N–H and O–H groups in total. The largest absolute Gasteiger partial charge is 0.396 e. The van der Waals surface area contributed by atoms with E-state index >= 15 is 0 Å². The molecule has 0 saturated heterocycles. The molecule has 0 unspecified atom stereocenters. The summed E-state index contributed by atoms with van der Waals surface area (Å²) in [5.41, 5.74) is 0.0736. The van der Waals surface area contributed by atoms with Gasteiger partial charge in [-0.1, -0.05) is 6.92 Å². The summed E-state index contributed by atoms with van der Waals surface area (Å²) in [6, 6.07) is 0. The average molecular weight is 282 g/mol. The van der Waals surface area contributed by atoms with Crippen molar-refractivity contribution in [3.63, 3.8) is 0 Å². The highest BCUT2D eigenvalue weighted by atomic mass is 32.2. The fourth-order valence-corrected chi connectivity index (χ4v) is 6.13. The third-order valence-electron chi connectivity index (χ3n) is 5.58. The number of thioether (sulfide) groups is 1. The van der Waals surface area contributed by atoms with Gasteiger partial charge in [0.1, 0.15) is 5.78 Å². The van der Waals surface area contributed by atoms with Gasteiger partial charge < -0.3 is 5.11 Å². The summed E-state index contributed by atoms with van der Waals surface area (Å²) >= 11 is 1.73. The normalized spacial score (nSPS) is 41.5. The molecule has 19 heavy (non-hydrogen) atoms. The van der Waals surface area contributed by atoms with Gasteiger partial charge in [0.15, 0.2) is 0 Å². The van der Waals surface area contributed by atoms with Crippen LogP contribution in [0.3, 0.4) is 0 Å². The zero-order valence-corrected chi connectivity index (χ0v) is 12.8. The van der Waals surface area contributed by atoms with Gasteiger partial charge in [-0.3, -0.25) is 4.79 Å². The summed E-state index contributed by atoms with van der Waals surface area (Å²) in [5, 5.41) is 9.03. The van der Waals surface area contributed by atoms with Crippen molar-refractivity contribution in [1.29, 1.82) is 0 Å². The molecular formula is C16H26O2S. The summed E-state index contributed by atoms with van der Waals surface area (Å²) in [5.74, 6) is 5.01. The minimum Gasteiger partial charge on any atom is -0.396 e. The second-order valence-electron chi connectivity index (χ2n) is 7.42. The van der Waals surface area contributed by atoms with Gasteiger partial charge in [0.25, 0.3) is 0 Å². The lowest BCUT2D eigenvalue weighted by Crippen LogP contribution is -2.50. The van der Waals surface area contributed by atoms with Crippen LogP contribution in [0, 0.1) is 29.1 Å². The summed E-state index contributed by atoms with van der Waals surface area (Å²) < 4.78 is 0. The molecule has 0 aromatic heterocycles. The van der Waals surface area contributed by atoms with Crippen molar-refractivity contribution < 1.29 is 9.90 Å². The number of carbonyl (C=O) groups excluding carboxylic acids is 1. The Morgan fingerprint density at radius 2 is 1.74 bits per heavy atom. The first kappa shape index (κ1) is 13.9. The quantitative estimate of drug-likeness (QED) is 0.813. The lowest BCUT2D eigenvalue weighted by molar-refractivity contribution is -0.141. The lowest BCUT2D eigenvalue weighted by atomic mass is 9.48. The van der Waals surface area contributed by atoms with Gasteiger partial charge in [-0.2, -0.15) is 11.8 Å². The molecule has 4 aliphatic rings. The number of rotatable bonds is 6. The summed E-state index contributed by atoms with van der Waals surface area (Å²) in [6.45, 7) is 2.28. The van der Waals surface area contributed by atoms with Gasteiger partial charge in [-0.05, 0) is 67.9 Å². The predicted octanol–water partition coefficient (Wildman–Crippen LogP) is 3.13. The first-order valence-corrected chi connectivity index (χ1v) is 8.98. The van der Waals surface area contributed by atoms with Crippen LogP contribution in [0.25, 0.3) is 0 Å². The Labute approximate surface area is 120 Å². The van der Waals surface area contributed by atoms with Gasteiger partial charge in [0, 0.05) is 12.0 Å². The summed E-state index contributed by atoms with van der Waals surface area (Å²) in [4.78, 5) is 12.7. The molecule has 4 fully saturated rings. The molecule has 1 atom stereocenters. The van der Waals surface area contributed by atoms with E-state index in [-0.39, 0.29) is 12.0 Å². The molecule has 4 aliphatic carbocycles. The molecule has 0 aromatic carbocycles. The maximum Gasteiger partial charge on any atom is 0.148 e. The Balaban J connectivity index is 1.57. The third-order valence-corrected chi connectivity index (χ3v) is 6.85. The van der Waals surface area contributed by atoms with E-state index in [1.54, 1.807) is 11.8 Å². The van der Waals surface area contributed by atoms with Crippen molar-refractivity contribution in [2.75, 3.05) is 18.1 Å². The van der Waals surface area contributed by atoms with Crippen LogP contribution in [-0.4, -0.2) is 29.0 Å². The summed E-state index contributed by atoms with van der Waals surface area (Å²) in [7, 11) is 0. The third kappa shape index (κ3) is 2.73. The van der Waals surface area contributed by atoms with Gasteiger partial charge in [-0.15, -0.1) is 0 Å². The van der Waals surface area contributed by atoms with Crippen LogP contribution in [0.5, 0.6) is 0 Å². The van der Waals surface area contributed by atoms with E-state index in [0.717, 1.165) is 23.5 Å². The second kappa shape index (κ2) is 5.40. The van der Waals surface area contributed by atoms with Crippen LogP contribution in [-0.2, 0) is 4.79 Å². The molecule has 3 heteroatoms. The SMILES string of the molecule is C[C@H](CO)CSCC(=O)C12CC3CC(CC(C3)C1)C2. The molecule has 0 amide bonds. The first-order chi connectivity index (χ1) is 9.11. The molecule has 4 rings (SSSR count). The Morgan fingerprint density at radius 3 is 2.21 bits per heavy atom. The van der Waals surface area contributed by atoms with Crippen molar-refractivity contribution in [3.8, 4) is 0 Å². The Morgan fingerprint density at radius 1 is 1.21 bits per heavy atom. The minimum atomic E-state index is 0.0736. The number of aliphatic hydroxyl groups is 1. The molecule has 0 aliphatic heterocycles. The number of hydrogen-bond acceptors (Lipinski definition) is 3. The van der Waals surface area contributed by atoms with Crippen LogP contribution < -0.4 is 0 Å². The van der Waals surface area contributed by atoms with Gasteiger partial charge in [0.2, 0.25) is 0 Å². The van der Waals surface area contributed by atoms with Crippen molar-refractivity contribution >= 4 is 17.5 Å². The zero-order valence-electron chi connectivity index (χ0n) is 11.9. The van der Waals surface area contributed by atoms with E-state index in [9.17, 15) is 4.79 Å². The van der Waals surface area contributed by atoms with Crippen LogP contribution in [0.15, 0.2) is 0 Å². The van der Waals surface area contributed by atoms with Crippen LogP contribution >= 0.6 is 11.8 Å². The number of aliphatic hydroxyl groups excluding tert-OH is 1. The fraction of sp³-hybridized carbons (Fsp3) is 0.938. The van der Waals surface area contributed by atoms with Crippen molar-refractivity contribution in [2.24, 2.45) is 29.1 Å². The van der Waals surface area contributed by atoms with E-state index < -0.39 is 0 Å². The molecule has 4 bridgehead atoms. The van der Waals surface area contributed by atoms with Crippen LogP contribution in [0.4, 0.5) is 0 Å². The topological polar surface area (TPSA) is 37.3 Å². The van der Waals surface area contributed by atoms with Gasteiger partial charge in [-0.25, -0.2) is 0 Å². The molecule has 0 aromatic rings. The van der Waals surface area contributed by atoms with E-state index in [2.05, 4.69) is 0 Å². The van der Waals surface area contributed by atoms with E-state index in [0.29, 0.717) is 17.5 Å². The van der Waals surface area contributed by atoms with Crippen LogP contribution in [0.1, 0.15) is 45.4 Å². The molecular weight excluding hydrogens is 256 g/mol. The Bertz CT molecular complexity index is 317. The van der Waals surface area contributed by atoms with Crippen molar-refractivity contribution in [1.82, 2.24) is 0 Å². The standard InChI is InChI=1S/C16H26O2S/c1-11(8-17)9-19-10-15(18)16-5-12-2-13(6-16)4-14(3-12)7-16/h11-14,17H,2-10H2,1H3/t11-,12?,13?,14?,16?/m1/s1. The van der Waals surface area contributed by atoms with E-state index in [1.807, 2.05) is 6.92 Å². The molecule has 0 radical (unpaired) electrons. The molecule has 2 nitrogen and oxygen atoms in total. The fourth-order valence-electron chi connectivity index (χ4n) is 5.01. The maximum absolute atomic E-state index is 12.7. The first-order valence-electron chi connectivity index (χ1n) is 7.83. The van der Waals surface area contributed by atoms with Crippen molar-refractivity contribution in [3.05, 3.63) is 0 Å². The van der Waals surface area contributed by atoms with Gasteiger partial charge >= 0.3 is 0 Å². The van der Waals surface area contributed by atoms with E-state index in [1.165, 1.54) is 38.5 Å².